The van der Waals surface area contributed by atoms with Crippen LogP contribution in [0.25, 0.3) is 0 Å². The van der Waals surface area contributed by atoms with Crippen molar-refractivity contribution in [3.8, 4) is 35.2 Å². The molecule has 136 valence electrons. The Kier molecular flexibility index (Phi) is 6.13. The third-order valence-corrected chi connectivity index (χ3v) is 3.74. The number of ether oxygens (including phenoxy) is 2. The predicted octanol–water partition coefficient (Wildman–Crippen LogP) is 4.42. The Morgan fingerprint density at radius 2 is 1.18 bits per heavy atom. The summed E-state index contributed by atoms with van der Waals surface area (Å²) in [6, 6.07) is 22.7. The lowest BCUT2D eigenvalue weighted by Crippen LogP contribution is -2.01. The van der Waals surface area contributed by atoms with E-state index >= 15 is 0 Å². The minimum atomic E-state index is -0.389. The van der Waals surface area contributed by atoms with Gasteiger partial charge in [-0.2, -0.15) is 0 Å². The number of hydrogen-bond donors (Lipinski definition) is 0. The first kappa shape index (κ1) is 18.8. The molecule has 0 aliphatic heterocycles. The van der Waals surface area contributed by atoms with Gasteiger partial charge in [0, 0.05) is 35.2 Å². The summed E-state index contributed by atoms with van der Waals surface area (Å²) < 4.78 is 10.4. The van der Waals surface area contributed by atoms with E-state index < -0.39 is 0 Å². The molecule has 0 saturated heterocycles. The summed E-state index contributed by atoms with van der Waals surface area (Å²) >= 11 is 0. The zero-order valence-corrected chi connectivity index (χ0v) is 15.7. The Bertz CT molecular complexity index is 1090. The van der Waals surface area contributed by atoms with Gasteiger partial charge in [-0.1, -0.05) is 41.9 Å². The lowest BCUT2D eigenvalue weighted by Gasteiger charge is -2.05. The van der Waals surface area contributed by atoms with E-state index in [2.05, 4.69) is 23.7 Å². The quantitative estimate of drug-likeness (QED) is 0.383. The number of hydrogen-bond acceptors (Lipinski definition) is 3. The highest BCUT2D eigenvalue weighted by Crippen LogP contribution is 2.22. The van der Waals surface area contributed by atoms with Gasteiger partial charge in [-0.25, -0.2) is 0 Å². The highest BCUT2D eigenvalue weighted by Gasteiger charge is 2.03. The van der Waals surface area contributed by atoms with E-state index in [4.69, 9.17) is 9.47 Å². The van der Waals surface area contributed by atoms with Gasteiger partial charge < -0.3 is 9.47 Å². The average molecular weight is 366 g/mol. The molecule has 0 unspecified atom stereocenters. The first-order valence-corrected chi connectivity index (χ1v) is 8.69. The molecule has 0 aliphatic carbocycles. The van der Waals surface area contributed by atoms with Crippen molar-refractivity contribution < 1.29 is 14.3 Å². The topological polar surface area (TPSA) is 35.5 Å². The summed E-state index contributed by atoms with van der Waals surface area (Å²) in [6.45, 7) is 1.35. The number of methoxy groups -OCH3 is 1. The van der Waals surface area contributed by atoms with Gasteiger partial charge in [-0.15, -0.1) is 0 Å². The minimum absolute atomic E-state index is 0.389. The number of esters is 1. The molecule has 3 aromatic rings. The third-order valence-electron chi connectivity index (χ3n) is 3.74. The molecule has 0 bridgehead atoms. The third kappa shape index (κ3) is 5.53. The summed E-state index contributed by atoms with van der Waals surface area (Å²) in [5.41, 5.74) is 3.46. The highest BCUT2D eigenvalue weighted by molar-refractivity contribution is 5.69. The maximum Gasteiger partial charge on any atom is 0.308 e. The summed E-state index contributed by atoms with van der Waals surface area (Å²) in [4.78, 5) is 11.2. The van der Waals surface area contributed by atoms with Crippen molar-refractivity contribution in [1.29, 1.82) is 0 Å². The van der Waals surface area contributed by atoms with E-state index in [1.165, 1.54) is 6.92 Å². The van der Waals surface area contributed by atoms with Crippen molar-refractivity contribution in [3.05, 3.63) is 95.1 Å². The lowest BCUT2D eigenvalue weighted by molar-refractivity contribution is -0.131. The fraction of sp³-hybridized carbons (Fsp3) is 0.0800. The van der Waals surface area contributed by atoms with Crippen molar-refractivity contribution in [3.63, 3.8) is 0 Å². The average Bonchev–Trinajstić information content (AvgIpc) is 2.71. The molecule has 0 spiro atoms. The van der Waals surface area contributed by atoms with Crippen molar-refractivity contribution in [2.24, 2.45) is 0 Å². The molecule has 0 heterocycles. The molecule has 0 atom stereocenters. The summed E-state index contributed by atoms with van der Waals surface area (Å²) in [7, 11) is 1.55. The van der Waals surface area contributed by atoms with Crippen LogP contribution in [-0.4, -0.2) is 13.1 Å². The van der Waals surface area contributed by atoms with Crippen LogP contribution in [0.1, 0.15) is 29.2 Å². The van der Waals surface area contributed by atoms with Crippen molar-refractivity contribution in [1.82, 2.24) is 0 Å². The van der Waals surface area contributed by atoms with E-state index in [0.717, 1.165) is 16.7 Å². The standard InChI is InChI=1S/C25H18O3/c1-19(26)28-25-17-23(16-24(18-25)27-2)15-14-22-12-10-21(11-13-22)9-8-20-6-4-3-5-7-20/h3-7,10-13,16-18H,1-2H3. The van der Waals surface area contributed by atoms with E-state index in [9.17, 15) is 4.79 Å². The molecular formula is C25H18O3. The molecule has 3 nitrogen and oxygen atoms in total. The van der Waals surface area contributed by atoms with Crippen LogP contribution in [0.15, 0.2) is 72.8 Å². The SMILES string of the molecule is COc1cc(C#Cc2ccc(C#Cc3ccccc3)cc2)cc(OC(C)=O)c1. The molecule has 0 fully saturated rings. The van der Waals surface area contributed by atoms with Gasteiger partial charge in [0.05, 0.1) is 7.11 Å². The molecule has 3 aromatic carbocycles. The van der Waals surface area contributed by atoms with E-state index in [1.807, 2.05) is 54.6 Å². The first-order chi connectivity index (χ1) is 13.6. The van der Waals surface area contributed by atoms with Crippen molar-refractivity contribution >= 4 is 5.97 Å². The smallest absolute Gasteiger partial charge is 0.308 e. The molecule has 0 saturated carbocycles. The second kappa shape index (κ2) is 9.12. The lowest BCUT2D eigenvalue weighted by atomic mass is 10.1. The zero-order valence-electron chi connectivity index (χ0n) is 15.7. The predicted molar refractivity (Wildman–Crippen MR) is 109 cm³/mol. The molecular weight excluding hydrogens is 348 g/mol. The Morgan fingerprint density at radius 1 is 0.679 bits per heavy atom. The summed E-state index contributed by atoms with van der Waals surface area (Å²) in [5.74, 6) is 13.0. The molecule has 0 amide bonds. The number of rotatable bonds is 2. The van der Waals surface area contributed by atoms with Crippen LogP contribution in [0.5, 0.6) is 11.5 Å². The molecule has 0 N–H and O–H groups in total. The van der Waals surface area contributed by atoms with Crippen molar-refractivity contribution in [2.45, 2.75) is 6.92 Å². The molecule has 3 heteroatoms. The first-order valence-electron chi connectivity index (χ1n) is 8.69. The molecule has 0 radical (unpaired) electrons. The van der Waals surface area contributed by atoms with Crippen LogP contribution in [0.3, 0.4) is 0 Å². The van der Waals surface area contributed by atoms with Gasteiger partial charge in [0.2, 0.25) is 0 Å². The molecule has 0 aromatic heterocycles. The number of carbonyl (C=O) groups excluding carboxylic acids is 1. The largest absolute Gasteiger partial charge is 0.497 e. The zero-order chi connectivity index (χ0) is 19.8. The highest BCUT2D eigenvalue weighted by atomic mass is 16.5. The van der Waals surface area contributed by atoms with Crippen LogP contribution in [0, 0.1) is 23.7 Å². The van der Waals surface area contributed by atoms with E-state index in [0.29, 0.717) is 17.1 Å². The van der Waals surface area contributed by atoms with Crippen LogP contribution < -0.4 is 9.47 Å². The monoisotopic (exact) mass is 366 g/mol. The second-order valence-electron chi connectivity index (χ2n) is 5.93. The van der Waals surface area contributed by atoms with Crippen LogP contribution >= 0.6 is 0 Å². The maximum atomic E-state index is 11.2. The second-order valence-corrected chi connectivity index (χ2v) is 5.93. The number of carbonyl (C=O) groups is 1. The Balaban J connectivity index is 1.77. The fourth-order valence-electron chi connectivity index (χ4n) is 2.43. The van der Waals surface area contributed by atoms with E-state index in [-0.39, 0.29) is 5.97 Å². The van der Waals surface area contributed by atoms with E-state index in [1.54, 1.807) is 25.3 Å². The van der Waals surface area contributed by atoms with Gasteiger partial charge in [0.15, 0.2) is 0 Å². The van der Waals surface area contributed by atoms with Gasteiger partial charge in [0.1, 0.15) is 11.5 Å². The van der Waals surface area contributed by atoms with Crippen LogP contribution in [0.4, 0.5) is 0 Å². The molecule has 28 heavy (non-hydrogen) atoms. The van der Waals surface area contributed by atoms with Gasteiger partial charge >= 0.3 is 5.97 Å². The number of benzene rings is 3. The molecule has 0 aliphatic rings. The Morgan fingerprint density at radius 3 is 1.71 bits per heavy atom. The Hall–Kier alpha value is -3.95. The van der Waals surface area contributed by atoms with Crippen LogP contribution in [-0.2, 0) is 4.79 Å². The van der Waals surface area contributed by atoms with Gasteiger partial charge in [-0.05, 0) is 48.5 Å². The van der Waals surface area contributed by atoms with Gasteiger partial charge in [0.25, 0.3) is 0 Å². The maximum absolute atomic E-state index is 11.2. The van der Waals surface area contributed by atoms with Gasteiger partial charge in [-0.3, -0.25) is 4.79 Å². The molecule has 3 rings (SSSR count). The van der Waals surface area contributed by atoms with Crippen LogP contribution in [0.2, 0.25) is 0 Å². The minimum Gasteiger partial charge on any atom is -0.497 e. The summed E-state index contributed by atoms with van der Waals surface area (Å²) in [6.07, 6.45) is 0. The van der Waals surface area contributed by atoms with Crippen molar-refractivity contribution in [2.75, 3.05) is 7.11 Å². The normalized spacial score (nSPS) is 9.36. The Labute approximate surface area is 164 Å². The summed E-state index contributed by atoms with van der Waals surface area (Å²) in [5, 5.41) is 0. The fourth-order valence-corrected chi connectivity index (χ4v) is 2.43.